The van der Waals surface area contributed by atoms with Crippen LogP contribution in [0.25, 0.3) is 0 Å². The molecular formula is C12H14BrN. The third-order valence-corrected chi connectivity index (χ3v) is 2.58. The molecule has 0 bridgehead atoms. The zero-order valence-corrected chi connectivity index (χ0v) is 9.84. The van der Waals surface area contributed by atoms with Crippen LogP contribution in [0.4, 0.5) is 0 Å². The maximum Gasteiger partial charge on any atom is 0.0303 e. The van der Waals surface area contributed by atoms with Gasteiger partial charge in [0, 0.05) is 16.9 Å². The summed E-state index contributed by atoms with van der Waals surface area (Å²) >= 11 is 3.40. The average Bonchev–Trinajstić information content (AvgIpc) is 2.19. The molecule has 1 aromatic carbocycles. The Kier molecular flexibility index (Phi) is 4.72. The first-order chi connectivity index (χ1) is 6.74. The second kappa shape index (κ2) is 5.85. The van der Waals surface area contributed by atoms with Gasteiger partial charge in [0.1, 0.15) is 0 Å². The molecule has 0 heterocycles. The first-order valence-electron chi connectivity index (χ1n) is 4.64. The molecule has 0 spiro atoms. The lowest BCUT2D eigenvalue weighted by molar-refractivity contribution is 0.667. The Bertz CT molecular complexity index is 332. The highest BCUT2D eigenvalue weighted by Gasteiger charge is 2.03. The Morgan fingerprint density at radius 1 is 1.36 bits per heavy atom. The van der Waals surface area contributed by atoms with E-state index in [1.54, 1.807) is 0 Å². The van der Waals surface area contributed by atoms with Crippen molar-refractivity contribution in [1.82, 2.24) is 0 Å². The number of nitrogens with two attached hydrogens (primary N) is 1. The van der Waals surface area contributed by atoms with E-state index < -0.39 is 0 Å². The fourth-order valence-corrected chi connectivity index (χ4v) is 1.49. The van der Waals surface area contributed by atoms with Crippen molar-refractivity contribution in [2.75, 3.05) is 0 Å². The lowest BCUT2D eigenvalue weighted by atomic mass is 10.0. The maximum absolute atomic E-state index is 6.00. The van der Waals surface area contributed by atoms with Gasteiger partial charge >= 0.3 is 0 Å². The van der Waals surface area contributed by atoms with Crippen LogP contribution in [0.1, 0.15) is 31.4 Å². The van der Waals surface area contributed by atoms with Gasteiger partial charge in [-0.15, -0.1) is 11.8 Å². The quantitative estimate of drug-likeness (QED) is 0.821. The van der Waals surface area contributed by atoms with E-state index in [-0.39, 0.29) is 6.04 Å². The number of rotatable bonds is 3. The smallest absolute Gasteiger partial charge is 0.0303 e. The zero-order valence-electron chi connectivity index (χ0n) is 8.26. The van der Waals surface area contributed by atoms with Crippen molar-refractivity contribution in [3.05, 3.63) is 34.3 Å². The second-order valence-corrected chi connectivity index (χ2v) is 4.04. The molecule has 1 nitrogen and oxygen atoms in total. The molecular weight excluding hydrogens is 238 g/mol. The molecule has 1 aromatic rings. The van der Waals surface area contributed by atoms with Crippen molar-refractivity contribution in [1.29, 1.82) is 0 Å². The Morgan fingerprint density at radius 3 is 2.57 bits per heavy atom. The minimum atomic E-state index is 0.101. The molecule has 0 amide bonds. The summed E-state index contributed by atoms with van der Waals surface area (Å²) in [6.07, 6.45) is 1.79. The summed E-state index contributed by atoms with van der Waals surface area (Å²) in [5.74, 6) is 5.89. The van der Waals surface area contributed by atoms with Gasteiger partial charge in [-0.05, 0) is 31.0 Å². The molecule has 0 aliphatic carbocycles. The van der Waals surface area contributed by atoms with Gasteiger partial charge in [0.05, 0.1) is 0 Å². The van der Waals surface area contributed by atoms with E-state index in [2.05, 4.69) is 27.8 Å². The zero-order chi connectivity index (χ0) is 10.4. The van der Waals surface area contributed by atoms with Crippen LogP contribution in [0, 0.1) is 11.8 Å². The van der Waals surface area contributed by atoms with Crippen LogP contribution in [-0.4, -0.2) is 0 Å². The first kappa shape index (κ1) is 11.3. The topological polar surface area (TPSA) is 26.0 Å². The number of halogens is 1. The van der Waals surface area contributed by atoms with Gasteiger partial charge in [0.25, 0.3) is 0 Å². The van der Waals surface area contributed by atoms with Crippen LogP contribution >= 0.6 is 15.9 Å². The Balaban J connectivity index is 2.54. The van der Waals surface area contributed by atoms with Crippen molar-refractivity contribution < 1.29 is 0 Å². The van der Waals surface area contributed by atoms with Gasteiger partial charge in [-0.3, -0.25) is 0 Å². The van der Waals surface area contributed by atoms with Gasteiger partial charge < -0.3 is 5.73 Å². The Morgan fingerprint density at radius 2 is 2.00 bits per heavy atom. The standard InChI is InChI=1S/C12H14BrN/c1-2-3-4-5-12(14)10-6-8-11(13)9-7-10/h6-9,12H,4-5,14H2,1H3. The van der Waals surface area contributed by atoms with Gasteiger partial charge in [-0.2, -0.15) is 0 Å². The van der Waals surface area contributed by atoms with Gasteiger partial charge in [0.15, 0.2) is 0 Å². The van der Waals surface area contributed by atoms with Crippen LogP contribution in [-0.2, 0) is 0 Å². The third-order valence-electron chi connectivity index (χ3n) is 2.06. The Hall–Kier alpha value is -0.780. The van der Waals surface area contributed by atoms with Crippen LogP contribution in [0.2, 0.25) is 0 Å². The van der Waals surface area contributed by atoms with Crippen molar-refractivity contribution in [2.24, 2.45) is 5.73 Å². The van der Waals surface area contributed by atoms with Gasteiger partial charge in [0.2, 0.25) is 0 Å². The number of benzene rings is 1. The van der Waals surface area contributed by atoms with Crippen LogP contribution < -0.4 is 5.73 Å². The van der Waals surface area contributed by atoms with E-state index in [4.69, 9.17) is 5.73 Å². The molecule has 0 aromatic heterocycles. The predicted molar refractivity (Wildman–Crippen MR) is 63.8 cm³/mol. The minimum absolute atomic E-state index is 0.101. The van der Waals surface area contributed by atoms with Crippen molar-refractivity contribution in [3.8, 4) is 11.8 Å². The largest absolute Gasteiger partial charge is 0.324 e. The monoisotopic (exact) mass is 251 g/mol. The molecule has 0 fully saturated rings. The van der Waals surface area contributed by atoms with Crippen LogP contribution in [0.15, 0.2) is 28.7 Å². The number of hydrogen-bond acceptors (Lipinski definition) is 1. The fraction of sp³-hybridized carbons (Fsp3) is 0.333. The van der Waals surface area contributed by atoms with E-state index >= 15 is 0 Å². The average molecular weight is 252 g/mol. The van der Waals surface area contributed by atoms with Crippen molar-refractivity contribution in [2.45, 2.75) is 25.8 Å². The van der Waals surface area contributed by atoms with E-state index in [0.717, 1.165) is 17.3 Å². The molecule has 0 saturated carbocycles. The van der Waals surface area contributed by atoms with Crippen molar-refractivity contribution in [3.63, 3.8) is 0 Å². The summed E-state index contributed by atoms with van der Waals surface area (Å²) < 4.78 is 1.08. The van der Waals surface area contributed by atoms with Crippen LogP contribution in [0.5, 0.6) is 0 Å². The second-order valence-electron chi connectivity index (χ2n) is 3.12. The molecule has 0 aliphatic heterocycles. The summed E-state index contributed by atoms with van der Waals surface area (Å²) in [5.41, 5.74) is 7.18. The molecule has 2 heteroatoms. The number of hydrogen-bond donors (Lipinski definition) is 1. The first-order valence-corrected chi connectivity index (χ1v) is 5.44. The summed E-state index contributed by atoms with van der Waals surface area (Å²) in [5, 5.41) is 0. The highest BCUT2D eigenvalue weighted by atomic mass is 79.9. The SMILES string of the molecule is CC#CCCC(N)c1ccc(Br)cc1. The molecule has 1 rings (SSSR count). The van der Waals surface area contributed by atoms with Gasteiger partial charge in [-0.25, -0.2) is 0 Å². The van der Waals surface area contributed by atoms with Crippen molar-refractivity contribution >= 4 is 15.9 Å². The van der Waals surface area contributed by atoms with E-state index in [1.807, 2.05) is 31.2 Å². The molecule has 1 atom stereocenters. The minimum Gasteiger partial charge on any atom is -0.324 e. The molecule has 0 radical (unpaired) electrons. The van der Waals surface area contributed by atoms with E-state index in [1.165, 1.54) is 5.56 Å². The highest BCUT2D eigenvalue weighted by Crippen LogP contribution is 2.18. The molecule has 14 heavy (non-hydrogen) atoms. The molecule has 1 unspecified atom stereocenters. The third kappa shape index (κ3) is 3.53. The summed E-state index contributed by atoms with van der Waals surface area (Å²) in [6, 6.07) is 8.23. The Labute approximate surface area is 93.8 Å². The predicted octanol–water partition coefficient (Wildman–Crippen LogP) is 3.25. The maximum atomic E-state index is 6.00. The molecule has 74 valence electrons. The normalized spacial score (nSPS) is 11.6. The van der Waals surface area contributed by atoms with Crippen LogP contribution in [0.3, 0.4) is 0 Å². The van der Waals surface area contributed by atoms with E-state index in [0.29, 0.717) is 0 Å². The lowest BCUT2D eigenvalue weighted by Crippen LogP contribution is -2.09. The highest BCUT2D eigenvalue weighted by molar-refractivity contribution is 9.10. The molecule has 2 N–H and O–H groups in total. The fourth-order valence-electron chi connectivity index (χ4n) is 1.23. The summed E-state index contributed by atoms with van der Waals surface area (Å²) in [4.78, 5) is 0. The van der Waals surface area contributed by atoms with E-state index in [9.17, 15) is 0 Å². The molecule has 0 saturated heterocycles. The summed E-state index contributed by atoms with van der Waals surface area (Å²) in [6.45, 7) is 1.85. The summed E-state index contributed by atoms with van der Waals surface area (Å²) in [7, 11) is 0. The molecule has 0 aliphatic rings. The lowest BCUT2D eigenvalue weighted by Gasteiger charge is -2.09. The van der Waals surface area contributed by atoms with Gasteiger partial charge in [-0.1, -0.05) is 28.1 Å².